The Morgan fingerprint density at radius 1 is 1.55 bits per heavy atom. The van der Waals surface area contributed by atoms with Crippen molar-refractivity contribution in [2.24, 2.45) is 5.73 Å². The zero-order valence-electron chi connectivity index (χ0n) is 6.30. The topological polar surface area (TPSA) is 83.6 Å². The van der Waals surface area contributed by atoms with Gasteiger partial charge >= 0.3 is 0 Å². The summed E-state index contributed by atoms with van der Waals surface area (Å²) in [5.74, 6) is 0. The van der Waals surface area contributed by atoms with E-state index in [0.29, 0.717) is 6.29 Å². The van der Waals surface area contributed by atoms with Gasteiger partial charge in [0.05, 0.1) is 12.2 Å². The first-order valence-corrected chi connectivity index (χ1v) is 3.15. The van der Waals surface area contributed by atoms with Gasteiger partial charge in [0.15, 0.2) is 0 Å². The van der Waals surface area contributed by atoms with Crippen LogP contribution in [0.2, 0.25) is 0 Å². The lowest BCUT2D eigenvalue weighted by Gasteiger charge is -2.18. The zero-order chi connectivity index (χ0) is 8.15. The van der Waals surface area contributed by atoms with Gasteiger partial charge in [0.2, 0.25) is 0 Å². The van der Waals surface area contributed by atoms with Crippen LogP contribution in [-0.4, -0.2) is 34.7 Å². The Morgan fingerprint density at radius 2 is 2.00 bits per heavy atom. The number of carbonyl (C=O) groups excluding carboxylic acids is 1. The van der Waals surface area contributed by atoms with Crippen LogP contribution in [0.15, 0.2) is 0 Å². The molecule has 0 radical (unpaired) electrons. The van der Waals surface area contributed by atoms with Gasteiger partial charge in [-0.25, -0.2) is 0 Å². The number of carbonyl (C=O) groups is 1. The smallest absolute Gasteiger partial charge is 0.121 e. The second-order valence-electron chi connectivity index (χ2n) is 2.30. The number of aliphatic hydroxyl groups excluding tert-OH is 2. The molecule has 0 fully saturated rings. The van der Waals surface area contributed by atoms with E-state index >= 15 is 0 Å². The Bertz CT molecular complexity index is 110. The van der Waals surface area contributed by atoms with Crippen molar-refractivity contribution < 1.29 is 15.0 Å². The molecule has 4 nitrogen and oxygen atoms in total. The van der Waals surface area contributed by atoms with Crippen molar-refractivity contribution in [1.29, 1.82) is 0 Å². The van der Waals surface area contributed by atoms with Gasteiger partial charge in [-0.15, -0.1) is 12.4 Å². The van der Waals surface area contributed by atoms with E-state index in [9.17, 15) is 4.79 Å². The largest absolute Gasteiger partial charge is 0.391 e. The molecule has 0 saturated heterocycles. The molecule has 0 aromatic carbocycles. The van der Waals surface area contributed by atoms with Gasteiger partial charge in [0, 0.05) is 12.5 Å². The van der Waals surface area contributed by atoms with E-state index in [2.05, 4.69) is 0 Å². The van der Waals surface area contributed by atoms with Gasteiger partial charge in [-0.2, -0.15) is 0 Å². The molecule has 0 bridgehead atoms. The summed E-state index contributed by atoms with van der Waals surface area (Å²) in [6.07, 6.45) is -1.19. The summed E-state index contributed by atoms with van der Waals surface area (Å²) < 4.78 is 0. The van der Waals surface area contributed by atoms with Crippen LogP contribution in [0.3, 0.4) is 0 Å². The van der Waals surface area contributed by atoms with E-state index in [4.69, 9.17) is 15.9 Å². The van der Waals surface area contributed by atoms with Gasteiger partial charge in [-0.3, -0.25) is 0 Å². The Kier molecular flexibility index (Phi) is 7.99. The molecular formula is C6H14ClNO3. The minimum Gasteiger partial charge on any atom is -0.391 e. The van der Waals surface area contributed by atoms with E-state index in [-0.39, 0.29) is 18.8 Å². The van der Waals surface area contributed by atoms with Crippen LogP contribution >= 0.6 is 12.4 Å². The molecule has 0 aliphatic carbocycles. The SMILES string of the molecule is C[C@H](O)[C@H](O)[C@@H](N)CC=O.Cl. The second-order valence-corrected chi connectivity index (χ2v) is 2.30. The third-order valence-corrected chi connectivity index (χ3v) is 1.30. The van der Waals surface area contributed by atoms with E-state index in [1.807, 2.05) is 0 Å². The minimum atomic E-state index is -1.01. The minimum absolute atomic E-state index is 0. The van der Waals surface area contributed by atoms with Crippen LogP contribution in [-0.2, 0) is 4.79 Å². The predicted molar refractivity (Wildman–Crippen MR) is 43.6 cm³/mol. The third kappa shape index (κ3) is 5.15. The fourth-order valence-electron chi connectivity index (χ4n) is 0.608. The lowest BCUT2D eigenvalue weighted by molar-refractivity contribution is -0.109. The molecule has 11 heavy (non-hydrogen) atoms. The molecule has 0 spiro atoms. The summed E-state index contributed by atoms with van der Waals surface area (Å²) in [5, 5.41) is 17.8. The van der Waals surface area contributed by atoms with E-state index in [1.165, 1.54) is 6.92 Å². The van der Waals surface area contributed by atoms with Crippen molar-refractivity contribution in [2.75, 3.05) is 0 Å². The van der Waals surface area contributed by atoms with Gasteiger partial charge in [0.25, 0.3) is 0 Å². The van der Waals surface area contributed by atoms with Gasteiger partial charge < -0.3 is 20.7 Å². The standard InChI is InChI=1S/C6H13NO3.ClH/c1-4(9)6(10)5(7)2-3-8;/h3-6,9-10H,2,7H2,1H3;1H/t4-,5-,6-;/m0./s1. The lowest BCUT2D eigenvalue weighted by Crippen LogP contribution is -2.41. The predicted octanol–water partition coefficient (Wildman–Crippen LogP) is -0.934. The maximum atomic E-state index is 9.87. The van der Waals surface area contributed by atoms with Crippen molar-refractivity contribution in [2.45, 2.75) is 31.6 Å². The number of hydrogen-bond acceptors (Lipinski definition) is 4. The molecule has 0 aromatic rings. The molecule has 0 saturated carbocycles. The zero-order valence-corrected chi connectivity index (χ0v) is 7.12. The molecule has 0 heterocycles. The highest BCUT2D eigenvalue weighted by Gasteiger charge is 2.18. The lowest BCUT2D eigenvalue weighted by atomic mass is 10.1. The molecule has 68 valence electrons. The maximum absolute atomic E-state index is 9.87. The van der Waals surface area contributed by atoms with Crippen molar-refractivity contribution in [3.63, 3.8) is 0 Å². The van der Waals surface area contributed by atoms with E-state index in [1.54, 1.807) is 0 Å². The van der Waals surface area contributed by atoms with Crippen molar-refractivity contribution in [3.05, 3.63) is 0 Å². The first-order valence-electron chi connectivity index (χ1n) is 3.15. The summed E-state index contributed by atoms with van der Waals surface area (Å²) >= 11 is 0. The molecular weight excluding hydrogens is 170 g/mol. The molecule has 0 amide bonds. The van der Waals surface area contributed by atoms with Gasteiger partial charge in [0.1, 0.15) is 6.29 Å². The normalized spacial score (nSPS) is 17.8. The molecule has 0 aromatic heterocycles. The summed E-state index contributed by atoms with van der Waals surface area (Å²) in [7, 11) is 0. The molecule has 0 aliphatic rings. The van der Waals surface area contributed by atoms with Crippen molar-refractivity contribution in [3.8, 4) is 0 Å². The maximum Gasteiger partial charge on any atom is 0.121 e. The molecule has 0 unspecified atom stereocenters. The Balaban J connectivity index is 0. The fraction of sp³-hybridized carbons (Fsp3) is 0.833. The van der Waals surface area contributed by atoms with Gasteiger partial charge in [-0.05, 0) is 6.92 Å². The van der Waals surface area contributed by atoms with Crippen LogP contribution in [0, 0.1) is 0 Å². The van der Waals surface area contributed by atoms with Crippen LogP contribution in [0.4, 0.5) is 0 Å². The number of aliphatic hydroxyl groups is 2. The van der Waals surface area contributed by atoms with Crippen molar-refractivity contribution >= 4 is 18.7 Å². The number of nitrogens with two attached hydrogens (primary N) is 1. The van der Waals surface area contributed by atoms with E-state index in [0.717, 1.165) is 0 Å². The Labute approximate surface area is 71.8 Å². The molecule has 3 atom stereocenters. The summed E-state index contributed by atoms with van der Waals surface area (Å²) in [6, 6.07) is -0.655. The number of hydrogen-bond donors (Lipinski definition) is 3. The van der Waals surface area contributed by atoms with Gasteiger partial charge in [-0.1, -0.05) is 0 Å². The monoisotopic (exact) mass is 183 g/mol. The Morgan fingerprint density at radius 3 is 2.27 bits per heavy atom. The average Bonchev–Trinajstić information content (AvgIpc) is 1.87. The first-order chi connectivity index (χ1) is 4.59. The van der Waals surface area contributed by atoms with Crippen LogP contribution < -0.4 is 5.73 Å². The second kappa shape index (κ2) is 6.54. The van der Waals surface area contributed by atoms with E-state index < -0.39 is 18.2 Å². The van der Waals surface area contributed by atoms with Crippen LogP contribution in [0.25, 0.3) is 0 Å². The molecule has 0 rings (SSSR count). The average molecular weight is 184 g/mol. The van der Waals surface area contributed by atoms with Crippen LogP contribution in [0.1, 0.15) is 13.3 Å². The highest BCUT2D eigenvalue weighted by atomic mass is 35.5. The first kappa shape index (κ1) is 13.4. The highest BCUT2D eigenvalue weighted by molar-refractivity contribution is 5.85. The van der Waals surface area contributed by atoms with Crippen molar-refractivity contribution in [1.82, 2.24) is 0 Å². The molecule has 0 aliphatic heterocycles. The number of rotatable bonds is 4. The summed E-state index contributed by atoms with van der Waals surface area (Å²) in [6.45, 7) is 1.43. The molecule has 5 heteroatoms. The summed E-state index contributed by atoms with van der Waals surface area (Å²) in [4.78, 5) is 9.87. The quantitative estimate of drug-likeness (QED) is 0.492. The molecule has 4 N–H and O–H groups in total. The highest BCUT2D eigenvalue weighted by Crippen LogP contribution is 1.98. The summed E-state index contributed by atoms with van der Waals surface area (Å²) in [5.41, 5.74) is 5.29. The number of aldehydes is 1. The number of halogens is 1. The van der Waals surface area contributed by atoms with Crippen LogP contribution in [0.5, 0.6) is 0 Å². The Hall–Kier alpha value is -0.160. The fourth-order valence-corrected chi connectivity index (χ4v) is 0.608. The third-order valence-electron chi connectivity index (χ3n) is 1.30.